The van der Waals surface area contributed by atoms with Gasteiger partial charge in [0.2, 0.25) is 0 Å². The largest absolute Gasteiger partial charge is 0.544 e. The van der Waals surface area contributed by atoms with Crippen molar-refractivity contribution in [2.45, 2.75) is 85.5 Å². The lowest BCUT2D eigenvalue weighted by Gasteiger charge is -2.64. The molecule has 0 spiro atoms. The molecule has 0 radical (unpaired) electrons. The maximum atomic E-state index is 11.4. The van der Waals surface area contributed by atoms with Gasteiger partial charge in [0, 0.05) is 6.42 Å². The molecule has 2 fully saturated rings. The molecule has 2 N–H and O–H groups in total. The van der Waals surface area contributed by atoms with Crippen molar-refractivity contribution in [1.29, 1.82) is 0 Å². The third kappa shape index (κ3) is 3.77. The summed E-state index contributed by atoms with van der Waals surface area (Å²) in [5.74, 6) is -0.513. The van der Waals surface area contributed by atoms with Crippen molar-refractivity contribution >= 4 is 11.9 Å². The van der Waals surface area contributed by atoms with Crippen molar-refractivity contribution < 1.29 is 24.7 Å². The molecule has 1 heterocycles. The third-order valence-electron chi connectivity index (χ3n) is 9.69. The average Bonchev–Trinajstić information content (AvgIpc) is 2.65. The van der Waals surface area contributed by atoms with Crippen molar-refractivity contribution in [2.75, 3.05) is 13.1 Å². The van der Waals surface area contributed by atoms with E-state index in [0.29, 0.717) is 29.7 Å². The van der Waals surface area contributed by atoms with Crippen molar-refractivity contribution in [2.24, 2.45) is 28.1 Å². The van der Waals surface area contributed by atoms with Gasteiger partial charge in [-0.2, -0.15) is 0 Å². The van der Waals surface area contributed by atoms with E-state index < -0.39 is 11.9 Å². The first-order valence-corrected chi connectivity index (χ1v) is 12.2. The Kier molecular flexibility index (Phi) is 5.65. The van der Waals surface area contributed by atoms with Crippen LogP contribution in [0.25, 0.3) is 0 Å². The summed E-state index contributed by atoms with van der Waals surface area (Å²) in [7, 11) is 0. The topological polar surface area (TPSA) is 81.9 Å². The minimum absolute atomic E-state index is 0.0408. The highest BCUT2D eigenvalue weighted by molar-refractivity contribution is 5.67. The number of fused-ring (bicyclic) bond motifs is 4. The molecule has 3 unspecified atom stereocenters. The summed E-state index contributed by atoms with van der Waals surface area (Å²) in [6.07, 6.45) is 11.3. The lowest BCUT2D eigenvalue weighted by atomic mass is 9.40. The fourth-order valence-electron chi connectivity index (χ4n) is 8.42. The first-order chi connectivity index (χ1) is 14.5. The highest BCUT2D eigenvalue weighted by atomic mass is 16.4. The van der Waals surface area contributed by atoms with Gasteiger partial charge in [0.25, 0.3) is 0 Å². The van der Waals surface area contributed by atoms with E-state index >= 15 is 0 Å². The molecular weight excluding hydrogens is 390 g/mol. The van der Waals surface area contributed by atoms with Gasteiger partial charge < -0.3 is 15.0 Å². The quantitative estimate of drug-likeness (QED) is 0.704. The maximum absolute atomic E-state index is 11.4. The number of carbonyl (C=O) groups is 2. The maximum Gasteiger partial charge on any atom is 0.303 e. The average molecular weight is 430 g/mol. The molecule has 1 aliphatic heterocycles. The predicted molar refractivity (Wildman–Crippen MR) is 117 cm³/mol. The lowest BCUT2D eigenvalue weighted by molar-refractivity contribution is -0.852. The van der Waals surface area contributed by atoms with E-state index in [2.05, 4.69) is 33.8 Å². The van der Waals surface area contributed by atoms with Crippen LogP contribution in [-0.2, 0) is 9.59 Å². The zero-order chi connectivity index (χ0) is 22.6. The highest BCUT2D eigenvalue weighted by Crippen LogP contribution is 2.68. The van der Waals surface area contributed by atoms with E-state index in [0.717, 1.165) is 22.9 Å². The molecule has 3 aliphatic carbocycles. The van der Waals surface area contributed by atoms with E-state index in [-0.39, 0.29) is 18.4 Å². The van der Waals surface area contributed by atoms with E-state index in [1.807, 2.05) is 0 Å². The minimum atomic E-state index is -1.07. The second kappa shape index (κ2) is 7.75. The second-order valence-corrected chi connectivity index (χ2v) is 11.9. The van der Waals surface area contributed by atoms with Gasteiger partial charge in [-0.05, 0) is 83.8 Å². The van der Waals surface area contributed by atoms with E-state index in [1.165, 1.54) is 49.7 Å². The summed E-state index contributed by atoms with van der Waals surface area (Å²) in [4.78, 5) is 23.5. The van der Waals surface area contributed by atoms with Crippen LogP contribution in [0.4, 0.5) is 0 Å². The number of carboxylic acid groups (broad SMARTS) is 2. The van der Waals surface area contributed by atoms with E-state index in [1.54, 1.807) is 0 Å². The normalized spacial score (nSPS) is 39.1. The number of hydrogen-bond acceptors (Lipinski definition) is 3. The molecule has 0 amide bonds. The van der Waals surface area contributed by atoms with Crippen LogP contribution in [0, 0.1) is 28.1 Å². The van der Waals surface area contributed by atoms with Crippen molar-refractivity contribution in [1.82, 2.24) is 0 Å². The fraction of sp³-hybridized carbons (Fsp3) is 0.769. The summed E-state index contributed by atoms with van der Waals surface area (Å²) in [5, 5.41) is 20.6. The monoisotopic (exact) mass is 429 g/mol. The van der Waals surface area contributed by atoms with Crippen LogP contribution >= 0.6 is 0 Å². The van der Waals surface area contributed by atoms with Crippen LogP contribution in [-0.4, -0.2) is 30.1 Å². The number of carbonyl (C=O) groups excluding carboxylic acids is 1. The number of aliphatic carboxylic acids is 2. The van der Waals surface area contributed by atoms with E-state index in [4.69, 9.17) is 0 Å². The highest BCUT2D eigenvalue weighted by Gasteiger charge is 2.60. The SMILES string of the molecule is CC1(C)CCC[C@@]2(C)C1CC[C@@]1(C)C3=C(CCC21)C[NH+](CC(=O)[O-])C(CCC(=O)O)=C3. The molecule has 5 heteroatoms. The van der Waals surface area contributed by atoms with Gasteiger partial charge >= 0.3 is 5.97 Å². The molecule has 4 aliphatic rings. The summed E-state index contributed by atoms with van der Waals surface area (Å²) >= 11 is 0. The van der Waals surface area contributed by atoms with E-state index in [9.17, 15) is 19.8 Å². The predicted octanol–water partition coefficient (Wildman–Crippen LogP) is 2.72. The van der Waals surface area contributed by atoms with Crippen LogP contribution in [0.15, 0.2) is 22.9 Å². The van der Waals surface area contributed by atoms with Crippen LogP contribution in [0.3, 0.4) is 0 Å². The second-order valence-electron chi connectivity index (χ2n) is 11.9. The summed E-state index contributed by atoms with van der Waals surface area (Å²) in [6.45, 7) is 10.5. The summed E-state index contributed by atoms with van der Waals surface area (Å²) < 4.78 is 0. The minimum Gasteiger partial charge on any atom is -0.544 e. The first kappa shape index (κ1) is 22.6. The van der Waals surface area contributed by atoms with Gasteiger partial charge in [-0.15, -0.1) is 0 Å². The van der Waals surface area contributed by atoms with Crippen molar-refractivity contribution in [3.63, 3.8) is 0 Å². The molecule has 0 aromatic carbocycles. The van der Waals surface area contributed by atoms with Crippen LogP contribution < -0.4 is 10.0 Å². The molecule has 0 saturated heterocycles. The van der Waals surface area contributed by atoms with Gasteiger partial charge in [0.1, 0.15) is 18.8 Å². The van der Waals surface area contributed by atoms with Crippen LogP contribution in [0.1, 0.15) is 85.5 Å². The van der Waals surface area contributed by atoms with Gasteiger partial charge in [0.05, 0.1) is 12.4 Å². The zero-order valence-corrected chi connectivity index (χ0v) is 19.7. The number of carboxylic acids is 2. The number of quaternary nitrogens is 1. The molecule has 172 valence electrons. The molecule has 0 aromatic heterocycles. The van der Waals surface area contributed by atoms with Gasteiger partial charge in [-0.1, -0.05) is 34.1 Å². The molecule has 2 saturated carbocycles. The van der Waals surface area contributed by atoms with Crippen LogP contribution in [0.5, 0.6) is 0 Å². The number of hydrogen-bond donors (Lipinski definition) is 2. The third-order valence-corrected chi connectivity index (χ3v) is 9.69. The summed E-state index contributed by atoms with van der Waals surface area (Å²) in [5.41, 5.74) is 4.59. The molecule has 4 rings (SSSR count). The zero-order valence-electron chi connectivity index (χ0n) is 19.7. The van der Waals surface area contributed by atoms with Gasteiger partial charge in [0.15, 0.2) is 0 Å². The number of nitrogens with one attached hydrogen (secondary N) is 1. The Morgan fingerprint density at radius 1 is 1.13 bits per heavy atom. The first-order valence-electron chi connectivity index (χ1n) is 12.2. The molecule has 5 atom stereocenters. The smallest absolute Gasteiger partial charge is 0.303 e. The lowest BCUT2D eigenvalue weighted by Crippen LogP contribution is -3.12. The Hall–Kier alpha value is -1.62. The fourth-order valence-corrected chi connectivity index (χ4v) is 8.42. The van der Waals surface area contributed by atoms with Crippen molar-refractivity contribution in [3.05, 3.63) is 22.9 Å². The van der Waals surface area contributed by atoms with Gasteiger partial charge in [-0.25, -0.2) is 0 Å². The summed E-state index contributed by atoms with van der Waals surface area (Å²) in [6, 6.07) is 0. The molecule has 0 aromatic rings. The standard InChI is InChI=1S/C26H39NO4/c1-24(2)11-5-12-26(4)20(24)10-13-25(3)19-14-18(7-9-22(28)29)27(16-23(30)31)15-17(19)6-8-21(25)26/h14,20-21H,5-13,15-16H2,1-4H3,(H,28,29)(H,30,31)/t20?,21?,25-,26-/m0/s1. The number of rotatable bonds is 5. The molecule has 31 heavy (non-hydrogen) atoms. The number of allylic oxidation sites excluding steroid dienone is 3. The molecular formula is C26H39NO4. The Bertz CT molecular complexity index is 840. The Morgan fingerprint density at radius 2 is 1.87 bits per heavy atom. The van der Waals surface area contributed by atoms with Crippen LogP contribution in [0.2, 0.25) is 0 Å². The molecule has 5 nitrogen and oxygen atoms in total. The van der Waals surface area contributed by atoms with Gasteiger partial charge in [-0.3, -0.25) is 9.69 Å². The molecule has 0 bridgehead atoms. The Morgan fingerprint density at radius 3 is 2.55 bits per heavy atom. The van der Waals surface area contributed by atoms with Crippen molar-refractivity contribution in [3.8, 4) is 0 Å². The Balaban J connectivity index is 1.70. The Labute approximate surface area is 186 Å².